The van der Waals surface area contributed by atoms with Gasteiger partial charge in [0.15, 0.2) is 5.69 Å². The fourth-order valence-electron chi connectivity index (χ4n) is 4.38. The zero-order valence-electron chi connectivity index (χ0n) is 18.1. The van der Waals surface area contributed by atoms with E-state index in [9.17, 15) is 35.9 Å². The number of rotatable bonds is 7. The van der Waals surface area contributed by atoms with Crippen molar-refractivity contribution in [1.29, 1.82) is 0 Å². The van der Waals surface area contributed by atoms with Crippen molar-refractivity contribution in [3.63, 3.8) is 0 Å². The first kappa shape index (κ1) is 25.2. The van der Waals surface area contributed by atoms with Crippen LogP contribution in [0.4, 0.5) is 36.8 Å². The zero-order valence-corrected chi connectivity index (χ0v) is 18.9. The highest BCUT2D eigenvalue weighted by atomic mass is 32.2. The van der Waals surface area contributed by atoms with E-state index in [0.717, 1.165) is 12.8 Å². The first-order valence-corrected chi connectivity index (χ1v) is 11.8. The van der Waals surface area contributed by atoms with Gasteiger partial charge in [-0.1, -0.05) is 6.42 Å². The number of nitrogens with zero attached hydrogens (tertiary/aromatic N) is 3. The van der Waals surface area contributed by atoms with Crippen molar-refractivity contribution in [2.24, 2.45) is 5.73 Å². The standard InChI is InChI=1S/C21H21F6N5O2S/c22-20(23,24)15-9-16(21(25,26)27)32(30-15)12-7-5-11(6-8-12)31-18-13(29-19(31)34)10-35-14(18)3-1-2-4-17(28)33/h5-9,13-14,18H,1-4,10H2,(H2,28,33)(H,29,34)/t13-,14-,18-/m0/s1. The number of nitrogens with one attached hydrogen (secondary N) is 1. The van der Waals surface area contributed by atoms with Crippen LogP contribution in [-0.4, -0.2) is 44.8 Å². The predicted molar refractivity (Wildman–Crippen MR) is 116 cm³/mol. The van der Waals surface area contributed by atoms with Gasteiger partial charge in [-0.25, -0.2) is 9.48 Å². The summed E-state index contributed by atoms with van der Waals surface area (Å²) in [7, 11) is 0. The molecule has 0 unspecified atom stereocenters. The Morgan fingerprint density at radius 1 is 1.09 bits per heavy atom. The fraction of sp³-hybridized carbons (Fsp3) is 0.476. The maximum atomic E-state index is 13.4. The molecule has 2 aromatic rings. The lowest BCUT2D eigenvalue weighted by molar-refractivity contribution is -0.143. The molecule has 3 N–H and O–H groups in total. The fourth-order valence-corrected chi connectivity index (χ4v) is 5.96. The highest BCUT2D eigenvalue weighted by molar-refractivity contribution is 8.00. The smallest absolute Gasteiger partial charge is 0.370 e. The van der Waals surface area contributed by atoms with Gasteiger partial charge in [-0.15, -0.1) is 0 Å². The van der Waals surface area contributed by atoms with Crippen LogP contribution >= 0.6 is 11.8 Å². The number of alkyl halides is 6. The maximum absolute atomic E-state index is 13.4. The molecule has 0 radical (unpaired) electrons. The van der Waals surface area contributed by atoms with Crippen LogP contribution in [0.5, 0.6) is 0 Å². The van der Waals surface area contributed by atoms with Crippen molar-refractivity contribution >= 4 is 29.4 Å². The van der Waals surface area contributed by atoms with E-state index in [1.807, 2.05) is 0 Å². The van der Waals surface area contributed by atoms with Crippen LogP contribution in [0.15, 0.2) is 30.3 Å². The lowest BCUT2D eigenvalue weighted by Crippen LogP contribution is -2.41. The molecule has 0 bridgehead atoms. The molecule has 0 saturated carbocycles. The van der Waals surface area contributed by atoms with Gasteiger partial charge < -0.3 is 11.1 Å². The van der Waals surface area contributed by atoms with Crippen molar-refractivity contribution in [3.8, 4) is 5.69 Å². The molecule has 2 fully saturated rings. The number of halogens is 6. The van der Waals surface area contributed by atoms with Crippen molar-refractivity contribution in [2.45, 2.75) is 55.4 Å². The summed E-state index contributed by atoms with van der Waals surface area (Å²) < 4.78 is 79.2. The molecule has 35 heavy (non-hydrogen) atoms. The van der Waals surface area contributed by atoms with E-state index in [4.69, 9.17) is 5.73 Å². The molecule has 0 spiro atoms. The number of nitrogens with two attached hydrogens (primary N) is 1. The molecular weight excluding hydrogens is 500 g/mol. The molecule has 190 valence electrons. The number of benzene rings is 1. The van der Waals surface area contributed by atoms with E-state index in [1.165, 1.54) is 29.2 Å². The van der Waals surface area contributed by atoms with Crippen LogP contribution in [0.25, 0.3) is 5.69 Å². The monoisotopic (exact) mass is 521 g/mol. The SMILES string of the molecule is NC(=O)CCCC[C@@H]1SC[C@@H]2NC(=O)N(c3ccc(-n4nc(C(F)(F)F)cc4C(F)(F)F)cc3)[C@@H]21. The minimum Gasteiger partial charge on any atom is -0.370 e. The number of urea groups is 1. The van der Waals surface area contributed by atoms with Gasteiger partial charge in [-0.2, -0.15) is 43.2 Å². The minimum atomic E-state index is -5.06. The number of amides is 3. The summed E-state index contributed by atoms with van der Waals surface area (Å²) in [6.07, 6.45) is -7.71. The second-order valence-corrected chi connectivity index (χ2v) is 9.61. The first-order valence-electron chi connectivity index (χ1n) is 10.7. The number of carbonyl (C=O) groups excluding carboxylic acids is 2. The average Bonchev–Trinajstić information content (AvgIpc) is 3.44. The minimum absolute atomic E-state index is 0.0367. The molecule has 3 atom stereocenters. The Labute approximate surface area is 200 Å². The van der Waals surface area contributed by atoms with Gasteiger partial charge in [-0.3, -0.25) is 9.69 Å². The largest absolute Gasteiger partial charge is 0.435 e. The summed E-state index contributed by atoms with van der Waals surface area (Å²) in [5, 5.41) is 6.09. The molecule has 3 amide bonds. The molecule has 4 rings (SSSR count). The first-order chi connectivity index (χ1) is 16.4. The average molecular weight is 521 g/mol. The van der Waals surface area contributed by atoms with E-state index < -0.39 is 23.7 Å². The van der Waals surface area contributed by atoms with Crippen LogP contribution in [0, 0.1) is 0 Å². The Kier molecular flexibility index (Phi) is 6.68. The Balaban J connectivity index is 1.57. The van der Waals surface area contributed by atoms with Crippen LogP contribution in [0.1, 0.15) is 37.1 Å². The second kappa shape index (κ2) is 9.28. The van der Waals surface area contributed by atoms with Gasteiger partial charge in [-0.05, 0) is 37.1 Å². The molecule has 0 aliphatic carbocycles. The molecule has 2 saturated heterocycles. The second-order valence-electron chi connectivity index (χ2n) is 8.34. The lowest BCUT2D eigenvalue weighted by Gasteiger charge is -2.27. The quantitative estimate of drug-likeness (QED) is 0.322. The summed E-state index contributed by atoms with van der Waals surface area (Å²) in [5.74, 6) is 0.308. The van der Waals surface area contributed by atoms with E-state index in [-0.39, 0.29) is 52.1 Å². The van der Waals surface area contributed by atoms with E-state index in [1.54, 1.807) is 11.8 Å². The van der Waals surface area contributed by atoms with Crippen LogP contribution in [0.2, 0.25) is 0 Å². The Morgan fingerprint density at radius 2 is 1.74 bits per heavy atom. The third-order valence-corrected chi connectivity index (χ3v) is 7.43. The lowest BCUT2D eigenvalue weighted by atomic mass is 10.0. The number of anilines is 1. The topological polar surface area (TPSA) is 93.2 Å². The number of hydrogen-bond donors (Lipinski definition) is 2. The number of hydrogen-bond acceptors (Lipinski definition) is 4. The Bertz CT molecular complexity index is 1100. The predicted octanol–water partition coefficient (Wildman–Crippen LogP) is 4.34. The van der Waals surface area contributed by atoms with E-state index in [0.29, 0.717) is 17.9 Å². The Morgan fingerprint density at radius 3 is 2.34 bits per heavy atom. The molecule has 1 aromatic carbocycles. The summed E-state index contributed by atoms with van der Waals surface area (Å²) in [5.41, 5.74) is 2.13. The van der Waals surface area contributed by atoms with Crippen molar-refractivity contribution in [3.05, 3.63) is 41.7 Å². The number of carbonyl (C=O) groups is 2. The van der Waals surface area contributed by atoms with Gasteiger partial charge in [0.05, 0.1) is 17.8 Å². The molecule has 2 aliphatic heterocycles. The summed E-state index contributed by atoms with van der Waals surface area (Å²) >= 11 is 1.69. The van der Waals surface area contributed by atoms with Crippen LogP contribution in [0.3, 0.4) is 0 Å². The molecule has 3 heterocycles. The highest BCUT2D eigenvalue weighted by Gasteiger charge is 2.49. The van der Waals surface area contributed by atoms with Crippen molar-refractivity contribution in [1.82, 2.24) is 15.1 Å². The van der Waals surface area contributed by atoms with Crippen molar-refractivity contribution < 1.29 is 35.9 Å². The summed E-state index contributed by atoms with van der Waals surface area (Å²) in [6, 6.07) is 4.45. The number of fused-ring (bicyclic) bond motifs is 1. The highest BCUT2D eigenvalue weighted by Crippen LogP contribution is 2.40. The molecule has 1 aromatic heterocycles. The number of thioether (sulfide) groups is 1. The molecule has 7 nitrogen and oxygen atoms in total. The Hall–Kier alpha value is -2.90. The van der Waals surface area contributed by atoms with Gasteiger partial charge >= 0.3 is 18.4 Å². The number of aromatic nitrogens is 2. The van der Waals surface area contributed by atoms with Gasteiger partial charge in [0, 0.05) is 29.2 Å². The maximum Gasteiger partial charge on any atom is 0.435 e. The molecule has 14 heteroatoms. The van der Waals surface area contributed by atoms with Gasteiger partial charge in [0.1, 0.15) is 5.69 Å². The number of unbranched alkanes of at least 4 members (excludes halogenated alkanes) is 1. The van der Waals surface area contributed by atoms with Crippen molar-refractivity contribution in [2.75, 3.05) is 10.7 Å². The van der Waals surface area contributed by atoms with Gasteiger partial charge in [0.2, 0.25) is 5.91 Å². The zero-order chi connectivity index (χ0) is 25.5. The third-order valence-electron chi connectivity index (χ3n) is 5.93. The normalized spacial score (nSPS) is 22.4. The molecule has 2 aliphatic rings. The van der Waals surface area contributed by atoms with Crippen LogP contribution in [-0.2, 0) is 17.1 Å². The van der Waals surface area contributed by atoms with E-state index >= 15 is 0 Å². The third kappa shape index (κ3) is 5.21. The molecular formula is C21H21F6N5O2S. The summed E-state index contributed by atoms with van der Waals surface area (Å²) in [6.45, 7) is 0. The number of primary amides is 1. The van der Waals surface area contributed by atoms with E-state index in [2.05, 4.69) is 10.4 Å². The summed E-state index contributed by atoms with van der Waals surface area (Å²) in [4.78, 5) is 25.1. The van der Waals surface area contributed by atoms with Crippen LogP contribution < -0.4 is 16.0 Å². The van der Waals surface area contributed by atoms with Gasteiger partial charge in [0.25, 0.3) is 0 Å².